The maximum Gasteiger partial charge on any atom is 0.326 e. The van der Waals surface area contributed by atoms with Gasteiger partial charge in [0.2, 0.25) is 5.91 Å². The molecule has 2 saturated heterocycles. The summed E-state index contributed by atoms with van der Waals surface area (Å²) in [6.45, 7) is 4.39. The fraction of sp³-hybridized carbons (Fsp3) is 0.600. The molecule has 0 aliphatic carbocycles. The van der Waals surface area contributed by atoms with Crippen LogP contribution in [0.4, 0.5) is 4.79 Å². The van der Waals surface area contributed by atoms with E-state index in [1.807, 2.05) is 30.3 Å². The highest BCUT2D eigenvalue weighted by molar-refractivity contribution is 5.88. The lowest BCUT2D eigenvalue weighted by molar-refractivity contribution is -0.152. The molecule has 1 aromatic carbocycles. The van der Waals surface area contributed by atoms with Gasteiger partial charge in [0.05, 0.1) is 18.7 Å². The minimum absolute atomic E-state index is 0.00657. The number of rotatable bonds is 9. The highest BCUT2D eigenvalue weighted by Crippen LogP contribution is 2.36. The van der Waals surface area contributed by atoms with Gasteiger partial charge in [-0.2, -0.15) is 0 Å². The fourth-order valence-electron chi connectivity index (χ4n) is 5.15. The number of piperidine rings is 1. The van der Waals surface area contributed by atoms with Crippen LogP contribution in [0.25, 0.3) is 0 Å². The smallest absolute Gasteiger partial charge is 0.326 e. The summed E-state index contributed by atoms with van der Waals surface area (Å²) in [7, 11) is 1.54. The number of likely N-dealkylation sites (tertiary alicyclic amines) is 2. The van der Waals surface area contributed by atoms with Crippen molar-refractivity contribution in [3.8, 4) is 0 Å². The van der Waals surface area contributed by atoms with Crippen LogP contribution in [0.3, 0.4) is 0 Å². The molecule has 3 N–H and O–H groups in total. The molecule has 2 aliphatic heterocycles. The molecule has 0 unspecified atom stereocenters. The van der Waals surface area contributed by atoms with Gasteiger partial charge in [-0.15, -0.1) is 0 Å². The molecule has 35 heavy (non-hydrogen) atoms. The first-order chi connectivity index (χ1) is 16.8. The van der Waals surface area contributed by atoms with Crippen molar-refractivity contribution in [1.82, 2.24) is 20.4 Å². The fourth-order valence-corrected chi connectivity index (χ4v) is 5.15. The quantitative estimate of drug-likeness (QED) is 0.446. The molecule has 2 aliphatic rings. The summed E-state index contributed by atoms with van der Waals surface area (Å²) < 4.78 is 5.23. The average Bonchev–Trinajstić information content (AvgIpc) is 3.25. The maximum atomic E-state index is 13.6. The summed E-state index contributed by atoms with van der Waals surface area (Å²) in [4.78, 5) is 53.5. The Bertz CT molecular complexity index is 910. The molecule has 1 aromatic rings. The molecule has 0 aromatic heterocycles. The number of urea groups is 1. The van der Waals surface area contributed by atoms with Crippen LogP contribution < -0.4 is 10.6 Å². The number of carboxylic acid groups (broad SMARTS) is 1. The second-order valence-corrected chi connectivity index (χ2v) is 9.17. The number of aliphatic carboxylic acids is 1. The Morgan fingerprint density at radius 3 is 2.54 bits per heavy atom. The van der Waals surface area contributed by atoms with Crippen molar-refractivity contribution in [1.29, 1.82) is 0 Å². The van der Waals surface area contributed by atoms with E-state index >= 15 is 0 Å². The Morgan fingerprint density at radius 2 is 1.91 bits per heavy atom. The van der Waals surface area contributed by atoms with Gasteiger partial charge in [0, 0.05) is 20.1 Å². The standard InChI is InChI=1S/C25H36N4O6/c1-4-35-24(33)19(11-10-17-8-6-5-7-9-17)27-16(2)22(30)29-20(23(31)32)14-18-12-13-28(15-21(18)29)25(34)26-3/h5-9,16,18-21,27H,4,10-15H2,1-3H3,(H,26,34)(H,31,32)/t16-,18-,19+,20+,21-/m1/s1. The molecule has 5 atom stereocenters. The highest BCUT2D eigenvalue weighted by Gasteiger charge is 2.50. The van der Waals surface area contributed by atoms with Gasteiger partial charge in [0.15, 0.2) is 0 Å². The molecule has 3 amide bonds. The van der Waals surface area contributed by atoms with E-state index in [2.05, 4.69) is 10.6 Å². The lowest BCUT2D eigenvalue weighted by Crippen LogP contribution is -2.59. The molecule has 10 heteroatoms. The third-order valence-corrected chi connectivity index (χ3v) is 6.94. The summed E-state index contributed by atoms with van der Waals surface area (Å²) in [5, 5.41) is 15.5. The number of amides is 3. The van der Waals surface area contributed by atoms with E-state index in [4.69, 9.17) is 4.74 Å². The number of nitrogens with zero attached hydrogens (tertiary/aromatic N) is 2. The zero-order valence-electron chi connectivity index (χ0n) is 20.6. The van der Waals surface area contributed by atoms with Crippen LogP contribution in [0.5, 0.6) is 0 Å². The number of esters is 1. The molecular weight excluding hydrogens is 452 g/mol. The van der Waals surface area contributed by atoms with Crippen LogP contribution in [0.15, 0.2) is 30.3 Å². The summed E-state index contributed by atoms with van der Waals surface area (Å²) in [5.74, 6) is -1.89. The van der Waals surface area contributed by atoms with Gasteiger partial charge < -0.3 is 25.0 Å². The normalized spacial score (nSPS) is 23.2. The monoisotopic (exact) mass is 488 g/mol. The Labute approximate surface area is 206 Å². The third kappa shape index (κ3) is 6.30. The number of carboxylic acids is 1. The Kier molecular flexibility index (Phi) is 9.08. The molecule has 3 rings (SSSR count). The number of ether oxygens (including phenoxy) is 1. The van der Waals surface area contributed by atoms with Gasteiger partial charge in [-0.25, -0.2) is 9.59 Å². The van der Waals surface area contributed by atoms with Crippen molar-refractivity contribution >= 4 is 23.9 Å². The van der Waals surface area contributed by atoms with Crippen LogP contribution in [0.1, 0.15) is 38.7 Å². The van der Waals surface area contributed by atoms with Crippen molar-refractivity contribution in [2.45, 2.75) is 63.7 Å². The van der Waals surface area contributed by atoms with Crippen molar-refractivity contribution in [2.24, 2.45) is 5.92 Å². The number of hydrogen-bond acceptors (Lipinski definition) is 6. The van der Waals surface area contributed by atoms with Crippen LogP contribution in [-0.2, 0) is 25.5 Å². The zero-order chi connectivity index (χ0) is 25.5. The third-order valence-electron chi connectivity index (χ3n) is 6.94. The van der Waals surface area contributed by atoms with E-state index in [0.29, 0.717) is 32.2 Å². The molecule has 0 spiro atoms. The lowest BCUT2D eigenvalue weighted by Gasteiger charge is -2.39. The number of fused-ring (bicyclic) bond motifs is 1. The lowest BCUT2D eigenvalue weighted by atomic mass is 9.91. The molecule has 0 bridgehead atoms. The minimum atomic E-state index is -1.06. The molecule has 2 fully saturated rings. The van der Waals surface area contributed by atoms with Gasteiger partial charge in [-0.3, -0.25) is 14.9 Å². The van der Waals surface area contributed by atoms with Crippen LogP contribution in [0.2, 0.25) is 0 Å². The van der Waals surface area contributed by atoms with Crippen molar-refractivity contribution in [3.63, 3.8) is 0 Å². The second kappa shape index (κ2) is 12.0. The van der Waals surface area contributed by atoms with Crippen molar-refractivity contribution < 1.29 is 29.0 Å². The largest absolute Gasteiger partial charge is 0.480 e. The first-order valence-electron chi connectivity index (χ1n) is 12.2. The average molecular weight is 489 g/mol. The van der Waals surface area contributed by atoms with E-state index in [1.165, 1.54) is 4.90 Å². The summed E-state index contributed by atoms with van der Waals surface area (Å²) in [6.07, 6.45) is 2.04. The first kappa shape index (κ1) is 26.5. The maximum absolute atomic E-state index is 13.6. The summed E-state index contributed by atoms with van der Waals surface area (Å²) >= 11 is 0. The van der Waals surface area contributed by atoms with Crippen molar-refractivity contribution in [3.05, 3.63) is 35.9 Å². The van der Waals surface area contributed by atoms with Gasteiger partial charge in [0.1, 0.15) is 12.1 Å². The molecular formula is C25H36N4O6. The van der Waals surface area contributed by atoms with Crippen molar-refractivity contribution in [2.75, 3.05) is 26.7 Å². The predicted molar refractivity (Wildman–Crippen MR) is 129 cm³/mol. The minimum Gasteiger partial charge on any atom is -0.480 e. The number of aryl methyl sites for hydroxylation is 1. The number of carbonyl (C=O) groups is 4. The van der Waals surface area contributed by atoms with E-state index in [-0.39, 0.29) is 31.1 Å². The van der Waals surface area contributed by atoms with Crippen LogP contribution in [-0.4, -0.2) is 89.7 Å². The molecule has 2 heterocycles. The van der Waals surface area contributed by atoms with Gasteiger partial charge >= 0.3 is 18.0 Å². The zero-order valence-corrected chi connectivity index (χ0v) is 20.6. The number of benzene rings is 1. The molecule has 0 saturated carbocycles. The molecule has 192 valence electrons. The molecule has 0 radical (unpaired) electrons. The summed E-state index contributed by atoms with van der Waals surface area (Å²) in [5.41, 5.74) is 1.06. The second-order valence-electron chi connectivity index (χ2n) is 9.17. The van der Waals surface area contributed by atoms with Gasteiger partial charge in [-0.1, -0.05) is 30.3 Å². The van der Waals surface area contributed by atoms with Crippen LogP contribution in [0, 0.1) is 5.92 Å². The number of nitrogens with one attached hydrogen (secondary N) is 2. The van der Waals surface area contributed by atoms with Crippen LogP contribution >= 0.6 is 0 Å². The van der Waals surface area contributed by atoms with E-state index in [1.54, 1.807) is 25.8 Å². The predicted octanol–water partition coefficient (Wildman–Crippen LogP) is 1.24. The Morgan fingerprint density at radius 1 is 1.20 bits per heavy atom. The van der Waals surface area contributed by atoms with E-state index in [9.17, 15) is 24.3 Å². The highest BCUT2D eigenvalue weighted by atomic mass is 16.5. The summed E-state index contributed by atoms with van der Waals surface area (Å²) in [6, 6.07) is 6.60. The SMILES string of the molecule is CCOC(=O)[C@H](CCc1ccccc1)N[C@H](C)C(=O)N1[C@@H]2CN(C(=O)NC)CC[C@@H]2C[C@H]1C(=O)O. The number of hydrogen-bond donors (Lipinski definition) is 3. The van der Waals surface area contributed by atoms with Gasteiger partial charge in [0.25, 0.3) is 0 Å². The van der Waals surface area contributed by atoms with Gasteiger partial charge in [-0.05, 0) is 51.0 Å². The molecule has 10 nitrogen and oxygen atoms in total. The Hall–Kier alpha value is -3.14. The first-order valence-corrected chi connectivity index (χ1v) is 12.2. The number of carbonyl (C=O) groups excluding carboxylic acids is 3. The Balaban J connectivity index is 1.74. The van der Waals surface area contributed by atoms with E-state index < -0.39 is 36.0 Å². The van der Waals surface area contributed by atoms with E-state index in [0.717, 1.165) is 5.56 Å². The topological polar surface area (TPSA) is 128 Å².